The van der Waals surface area contributed by atoms with E-state index >= 15 is 0 Å². The van der Waals surface area contributed by atoms with Crippen LogP contribution in [-0.2, 0) is 0 Å². The van der Waals surface area contributed by atoms with E-state index in [4.69, 9.17) is 0 Å². The van der Waals surface area contributed by atoms with E-state index < -0.39 is 7.26 Å². The van der Waals surface area contributed by atoms with Crippen LogP contribution in [0.2, 0.25) is 0 Å². The van der Waals surface area contributed by atoms with Gasteiger partial charge in [-0.25, -0.2) is 0 Å². The molecule has 12 heavy (non-hydrogen) atoms. The number of rotatable bonds is 1. The highest BCUT2D eigenvalue weighted by atomic mass is 31.2. The van der Waals surface area contributed by atoms with Gasteiger partial charge in [-0.15, -0.1) is 0 Å². The zero-order valence-corrected chi connectivity index (χ0v) is 8.76. The zero-order valence-electron chi connectivity index (χ0n) is 7.87. The maximum atomic E-state index is 2.49. The van der Waals surface area contributed by atoms with Gasteiger partial charge in [-0.1, -0.05) is 6.42 Å². The van der Waals surface area contributed by atoms with E-state index in [2.05, 4.69) is 30.5 Å². The Hall–Kier alpha value is -0.0900. The first kappa shape index (κ1) is 8.51. The minimum Gasteiger partial charge on any atom is -0.0530 e. The molecule has 1 saturated carbocycles. The molecule has 2 aliphatic rings. The van der Waals surface area contributed by atoms with E-state index in [9.17, 15) is 0 Å². The normalized spacial score (nSPS) is 28.1. The van der Waals surface area contributed by atoms with Crippen LogP contribution in [0.4, 0.5) is 0 Å². The van der Waals surface area contributed by atoms with Gasteiger partial charge >= 0.3 is 0 Å². The smallest absolute Gasteiger partial charge is 0.0530 e. The maximum absolute atomic E-state index is 2.49. The van der Waals surface area contributed by atoms with Crippen molar-refractivity contribution in [2.24, 2.45) is 0 Å². The van der Waals surface area contributed by atoms with Crippen molar-refractivity contribution in [2.75, 3.05) is 6.66 Å². The second-order valence-electron chi connectivity index (χ2n) is 4.20. The van der Waals surface area contributed by atoms with Gasteiger partial charge in [0.2, 0.25) is 0 Å². The van der Waals surface area contributed by atoms with Crippen LogP contribution in [0.3, 0.4) is 0 Å². The van der Waals surface area contributed by atoms with Gasteiger partial charge in [0, 0.05) is 0 Å². The Balaban J connectivity index is 2.06. The topological polar surface area (TPSA) is 0 Å². The van der Waals surface area contributed by atoms with Gasteiger partial charge in [-0.05, 0) is 37.8 Å². The molecule has 0 bridgehead atoms. The number of hydrogen-bond acceptors (Lipinski definition) is 0. The molecule has 0 aromatic rings. The molecule has 1 aliphatic carbocycles. The van der Waals surface area contributed by atoms with Crippen molar-refractivity contribution in [1.82, 2.24) is 0 Å². The molecule has 0 aromatic carbocycles. The van der Waals surface area contributed by atoms with Crippen LogP contribution in [0.15, 0.2) is 23.8 Å². The largest absolute Gasteiger partial charge is 0.0777 e. The molecule has 0 aromatic heterocycles. The predicted octanol–water partition coefficient (Wildman–Crippen LogP) is 4.01. The van der Waals surface area contributed by atoms with Crippen molar-refractivity contribution in [3.8, 4) is 0 Å². The number of hydrogen-bond donors (Lipinski definition) is 0. The molecule has 0 radical (unpaired) electrons. The first-order valence-electron chi connectivity index (χ1n) is 5.04. The maximum Gasteiger partial charge on any atom is 0.0777 e. The van der Waals surface area contributed by atoms with Gasteiger partial charge in [-0.2, -0.15) is 0 Å². The summed E-state index contributed by atoms with van der Waals surface area (Å²) >= 11 is 0. The fraction of sp³-hybridized carbons (Fsp3) is 0.636. The molecule has 1 heteroatoms. The van der Waals surface area contributed by atoms with Crippen LogP contribution < -0.4 is 0 Å². The van der Waals surface area contributed by atoms with E-state index in [1.54, 1.807) is 0 Å². The van der Waals surface area contributed by atoms with Crippen LogP contribution in [0, 0.1) is 0 Å². The lowest BCUT2D eigenvalue weighted by Gasteiger charge is -2.27. The van der Waals surface area contributed by atoms with E-state index in [0.29, 0.717) is 0 Å². The molecule has 0 saturated heterocycles. The van der Waals surface area contributed by atoms with Gasteiger partial charge < -0.3 is 0 Å². The van der Waals surface area contributed by atoms with Gasteiger partial charge in [-0.3, -0.25) is 0 Å². The van der Waals surface area contributed by atoms with Crippen LogP contribution in [0.25, 0.3) is 0 Å². The molecule has 66 valence electrons. The minimum absolute atomic E-state index is 0.757. The number of allylic oxidation sites excluding steroid dienone is 2. The monoisotopic (exact) mass is 181 g/mol. The van der Waals surface area contributed by atoms with Crippen molar-refractivity contribution < 1.29 is 0 Å². The Bertz CT molecular complexity index is 197. The predicted molar refractivity (Wildman–Crippen MR) is 58.0 cm³/mol. The first-order valence-corrected chi connectivity index (χ1v) is 7.48. The van der Waals surface area contributed by atoms with E-state index in [-0.39, 0.29) is 0 Å². The standard InChI is InChI=1S/C11H18P/c1-12(9-5-6-10-12)11-7-3-2-4-8-11/h5-6,9-11H,2-4,7-8H2,1H3/q+1. The molecule has 0 spiro atoms. The summed E-state index contributed by atoms with van der Waals surface area (Å²) in [6.45, 7) is 2.49. The molecule has 1 heterocycles. The molecule has 0 atom stereocenters. The van der Waals surface area contributed by atoms with Crippen molar-refractivity contribution in [3.05, 3.63) is 23.8 Å². The summed E-state index contributed by atoms with van der Waals surface area (Å²) in [5.74, 6) is 4.98. The SMILES string of the molecule is C[P+]1(C2CCCCC2)C=CC=C1. The summed E-state index contributed by atoms with van der Waals surface area (Å²) < 4.78 is 0. The molecule has 1 fully saturated rings. The van der Waals surface area contributed by atoms with Crippen LogP contribution in [-0.4, -0.2) is 12.3 Å². The van der Waals surface area contributed by atoms with Crippen LogP contribution >= 0.6 is 7.26 Å². The quantitative estimate of drug-likeness (QED) is 0.536. The van der Waals surface area contributed by atoms with E-state index in [1.807, 2.05) is 0 Å². The third-order valence-corrected chi connectivity index (χ3v) is 7.01. The Morgan fingerprint density at radius 2 is 1.58 bits per heavy atom. The first-order chi connectivity index (χ1) is 5.81. The van der Waals surface area contributed by atoms with Crippen LogP contribution in [0.5, 0.6) is 0 Å². The van der Waals surface area contributed by atoms with Gasteiger partial charge in [0.15, 0.2) is 0 Å². The highest BCUT2D eigenvalue weighted by molar-refractivity contribution is 7.81. The van der Waals surface area contributed by atoms with E-state index in [1.165, 1.54) is 32.1 Å². The lowest BCUT2D eigenvalue weighted by atomic mass is 10.0. The summed E-state index contributed by atoms with van der Waals surface area (Å²) in [5, 5.41) is 0. The fourth-order valence-electron chi connectivity index (χ4n) is 2.40. The second kappa shape index (κ2) is 3.34. The van der Waals surface area contributed by atoms with E-state index in [0.717, 1.165) is 5.66 Å². The fourth-order valence-corrected chi connectivity index (χ4v) is 5.41. The van der Waals surface area contributed by atoms with Gasteiger partial charge in [0.1, 0.15) is 0 Å². The Kier molecular flexibility index (Phi) is 2.37. The molecular formula is C11H18P+. The lowest BCUT2D eigenvalue weighted by Crippen LogP contribution is -2.13. The molecular weight excluding hydrogens is 163 g/mol. The molecule has 2 rings (SSSR count). The van der Waals surface area contributed by atoms with Crippen molar-refractivity contribution >= 4 is 7.26 Å². The van der Waals surface area contributed by atoms with Gasteiger partial charge in [0.05, 0.1) is 31.2 Å². The summed E-state index contributed by atoms with van der Waals surface area (Å²) in [4.78, 5) is 0. The lowest BCUT2D eigenvalue weighted by molar-refractivity contribution is 0.510. The third-order valence-electron chi connectivity index (χ3n) is 3.29. The Morgan fingerprint density at radius 1 is 1.00 bits per heavy atom. The molecule has 1 aliphatic heterocycles. The average molecular weight is 181 g/mol. The highest BCUT2D eigenvalue weighted by Gasteiger charge is 2.38. The Labute approximate surface area is 76.1 Å². The highest BCUT2D eigenvalue weighted by Crippen LogP contribution is 2.67. The zero-order chi connectivity index (χ0) is 8.44. The second-order valence-corrected chi connectivity index (χ2v) is 7.97. The van der Waals surface area contributed by atoms with Crippen molar-refractivity contribution in [3.63, 3.8) is 0 Å². The summed E-state index contributed by atoms with van der Waals surface area (Å²) in [7, 11) is -0.757. The minimum atomic E-state index is -0.757. The van der Waals surface area contributed by atoms with Crippen molar-refractivity contribution in [1.29, 1.82) is 0 Å². The van der Waals surface area contributed by atoms with Crippen molar-refractivity contribution in [2.45, 2.75) is 37.8 Å². The van der Waals surface area contributed by atoms with Gasteiger partial charge in [0.25, 0.3) is 0 Å². The third kappa shape index (κ3) is 1.50. The molecule has 0 unspecified atom stereocenters. The summed E-state index contributed by atoms with van der Waals surface area (Å²) in [5.41, 5.74) is 1.03. The molecule has 0 amide bonds. The van der Waals surface area contributed by atoms with Crippen LogP contribution in [0.1, 0.15) is 32.1 Å². The average Bonchev–Trinajstić information content (AvgIpc) is 2.55. The summed E-state index contributed by atoms with van der Waals surface area (Å²) in [6, 6.07) is 0. The Morgan fingerprint density at radius 3 is 2.17 bits per heavy atom. The summed E-state index contributed by atoms with van der Waals surface area (Å²) in [6.07, 6.45) is 11.9. The molecule has 0 N–H and O–H groups in total. The molecule has 0 nitrogen and oxygen atoms in total.